The Hall–Kier alpha value is -4.16. The van der Waals surface area contributed by atoms with E-state index in [1.807, 2.05) is 0 Å². The topological polar surface area (TPSA) is 170 Å². The lowest BCUT2D eigenvalue weighted by atomic mass is 10.0. The molecule has 12 heteroatoms. The Balaban J connectivity index is 1.80. The summed E-state index contributed by atoms with van der Waals surface area (Å²) in [5.41, 5.74) is 11.8. The first-order valence-electron chi connectivity index (χ1n) is 11.5. The third-order valence-corrected chi connectivity index (χ3v) is 6.82. The number of aromatic nitrogens is 1. The minimum absolute atomic E-state index is 0.00221. The Morgan fingerprint density at radius 3 is 2.49 bits per heavy atom. The third-order valence-electron chi connectivity index (χ3n) is 5.97. The second kappa shape index (κ2) is 11.3. The van der Waals surface area contributed by atoms with Gasteiger partial charge in [0.05, 0.1) is 18.9 Å². The number of phenols is 1. The predicted molar refractivity (Wildman–Crippen MR) is 138 cm³/mol. The number of nitrogens with zero attached hydrogens (tertiary/aromatic N) is 2. The maximum Gasteiger partial charge on any atom is 0.273 e. The normalized spacial score (nSPS) is 15.6. The molecule has 0 spiro atoms. The average molecular weight is 526 g/mol. The van der Waals surface area contributed by atoms with Gasteiger partial charge >= 0.3 is 0 Å². The van der Waals surface area contributed by atoms with Crippen molar-refractivity contribution in [2.45, 2.75) is 25.0 Å². The van der Waals surface area contributed by atoms with Crippen molar-refractivity contribution in [3.05, 3.63) is 64.7 Å². The monoisotopic (exact) mass is 525 g/mol. The molecule has 1 aliphatic heterocycles. The van der Waals surface area contributed by atoms with Crippen molar-refractivity contribution in [2.75, 3.05) is 30.9 Å². The molecule has 3 amide bonds. The van der Waals surface area contributed by atoms with Gasteiger partial charge < -0.3 is 31.4 Å². The van der Waals surface area contributed by atoms with Crippen molar-refractivity contribution in [3.63, 3.8) is 0 Å². The number of phenolic OH excluding ortho intramolecular Hbond substituents is 1. The number of nitrogens with two attached hydrogens (primary N) is 2. The van der Waals surface area contributed by atoms with E-state index in [0.717, 1.165) is 24.4 Å². The van der Waals surface area contributed by atoms with E-state index in [0.29, 0.717) is 23.6 Å². The first-order valence-corrected chi connectivity index (χ1v) is 12.3. The number of benzene rings is 2. The molecule has 194 valence electrons. The summed E-state index contributed by atoms with van der Waals surface area (Å²) in [6, 6.07) is 11.4. The van der Waals surface area contributed by atoms with E-state index in [9.17, 15) is 19.5 Å². The fourth-order valence-corrected chi connectivity index (χ4v) is 4.80. The van der Waals surface area contributed by atoms with Gasteiger partial charge in [-0.15, -0.1) is 0 Å². The molecule has 0 aliphatic carbocycles. The Kier molecular flexibility index (Phi) is 7.89. The third kappa shape index (κ3) is 5.65. The number of rotatable bonds is 9. The summed E-state index contributed by atoms with van der Waals surface area (Å²) in [6.07, 6.45) is 1.61. The second-order valence-corrected chi connectivity index (χ2v) is 9.16. The number of aromatic hydroxyl groups is 1. The fourth-order valence-electron chi connectivity index (χ4n) is 4.06. The van der Waals surface area contributed by atoms with E-state index in [4.69, 9.17) is 20.9 Å². The fraction of sp³-hybridized carbons (Fsp3) is 0.280. The first kappa shape index (κ1) is 25.9. The highest BCUT2D eigenvalue weighted by Crippen LogP contribution is 2.34. The van der Waals surface area contributed by atoms with Gasteiger partial charge in [0.1, 0.15) is 22.4 Å². The van der Waals surface area contributed by atoms with Crippen LogP contribution in [-0.4, -0.2) is 53.6 Å². The second-order valence-electron chi connectivity index (χ2n) is 8.39. The Morgan fingerprint density at radius 1 is 1.22 bits per heavy atom. The molecule has 0 radical (unpaired) electrons. The summed E-state index contributed by atoms with van der Waals surface area (Å²) in [4.78, 5) is 40.6. The highest BCUT2D eigenvalue weighted by atomic mass is 32.1. The van der Waals surface area contributed by atoms with Gasteiger partial charge in [0.25, 0.3) is 11.8 Å². The standard InChI is InChI=1S/C25H27N5O6S/c1-35-17-10-6-15(7-11-17)30(25(34)22-19(26)20(23(27)32)29-37-22)21(14-4-8-16(31)9-5-14)24(33)28-13-18-3-2-12-36-18/h4-11,18,21,31H,2-3,12-13,26H2,1H3,(H2,27,32)(H,28,33)/t18-,21+/m1/s1. The number of anilines is 2. The van der Waals surface area contributed by atoms with Crippen molar-refractivity contribution in [3.8, 4) is 11.5 Å². The van der Waals surface area contributed by atoms with Gasteiger partial charge in [-0.05, 0) is 66.3 Å². The summed E-state index contributed by atoms with van der Waals surface area (Å²) < 4.78 is 14.8. The van der Waals surface area contributed by atoms with E-state index in [1.165, 1.54) is 24.1 Å². The van der Waals surface area contributed by atoms with Gasteiger partial charge in [-0.3, -0.25) is 19.3 Å². The van der Waals surface area contributed by atoms with Gasteiger partial charge in [-0.2, -0.15) is 4.37 Å². The van der Waals surface area contributed by atoms with Crippen molar-refractivity contribution in [1.82, 2.24) is 9.69 Å². The van der Waals surface area contributed by atoms with Crippen LogP contribution in [0.15, 0.2) is 48.5 Å². The van der Waals surface area contributed by atoms with E-state index < -0.39 is 23.8 Å². The first-order chi connectivity index (χ1) is 17.8. The molecule has 2 aromatic carbocycles. The number of amides is 3. The smallest absolute Gasteiger partial charge is 0.273 e. The summed E-state index contributed by atoms with van der Waals surface area (Å²) in [5, 5.41) is 12.7. The van der Waals surface area contributed by atoms with Crippen LogP contribution in [-0.2, 0) is 9.53 Å². The van der Waals surface area contributed by atoms with Gasteiger partial charge in [0.2, 0.25) is 5.91 Å². The molecule has 11 nitrogen and oxygen atoms in total. The van der Waals surface area contributed by atoms with Crippen LogP contribution in [0, 0.1) is 0 Å². The molecule has 2 heterocycles. The largest absolute Gasteiger partial charge is 0.508 e. The van der Waals surface area contributed by atoms with E-state index in [2.05, 4.69) is 9.69 Å². The van der Waals surface area contributed by atoms with Gasteiger partial charge in [-0.25, -0.2) is 0 Å². The van der Waals surface area contributed by atoms with Crippen LogP contribution < -0.4 is 26.4 Å². The zero-order chi connectivity index (χ0) is 26.5. The van der Waals surface area contributed by atoms with Gasteiger partial charge in [0.15, 0.2) is 5.69 Å². The highest BCUT2D eigenvalue weighted by molar-refractivity contribution is 7.09. The number of primary amides is 1. The van der Waals surface area contributed by atoms with E-state index in [1.54, 1.807) is 36.4 Å². The molecule has 6 N–H and O–H groups in total. The average Bonchev–Trinajstić information content (AvgIpc) is 3.56. The summed E-state index contributed by atoms with van der Waals surface area (Å²) >= 11 is 0.720. The van der Waals surface area contributed by atoms with Crippen molar-refractivity contribution in [1.29, 1.82) is 0 Å². The molecule has 2 atom stereocenters. The summed E-state index contributed by atoms with van der Waals surface area (Å²) in [7, 11) is 1.51. The Bertz CT molecular complexity index is 1270. The van der Waals surface area contributed by atoms with Crippen molar-refractivity contribution in [2.24, 2.45) is 5.73 Å². The molecular weight excluding hydrogens is 498 g/mol. The Labute approximate surface area is 217 Å². The number of carbonyl (C=O) groups is 3. The quantitative estimate of drug-likeness (QED) is 0.329. The van der Waals surface area contributed by atoms with Crippen molar-refractivity contribution >= 4 is 40.6 Å². The van der Waals surface area contributed by atoms with E-state index in [-0.39, 0.29) is 34.7 Å². The van der Waals surface area contributed by atoms with Gasteiger partial charge in [0, 0.05) is 18.8 Å². The SMILES string of the molecule is COc1ccc(N(C(=O)c2snc(C(N)=O)c2N)[C@H](C(=O)NC[C@H]2CCCO2)c2ccc(O)cc2)cc1. The molecule has 1 aromatic heterocycles. The predicted octanol–water partition coefficient (Wildman–Crippen LogP) is 2.22. The number of nitrogens with one attached hydrogen (secondary N) is 1. The van der Waals surface area contributed by atoms with Crippen LogP contribution in [0.2, 0.25) is 0 Å². The van der Waals surface area contributed by atoms with Crippen LogP contribution in [0.4, 0.5) is 11.4 Å². The molecule has 37 heavy (non-hydrogen) atoms. The lowest BCUT2D eigenvalue weighted by Gasteiger charge is -2.31. The number of methoxy groups -OCH3 is 1. The van der Waals surface area contributed by atoms with Gasteiger partial charge in [-0.1, -0.05) is 12.1 Å². The molecule has 0 unspecified atom stereocenters. The maximum absolute atomic E-state index is 14.0. The lowest BCUT2D eigenvalue weighted by Crippen LogP contribution is -2.45. The molecular formula is C25H27N5O6S. The molecule has 1 fully saturated rings. The molecule has 0 bridgehead atoms. The zero-order valence-electron chi connectivity index (χ0n) is 20.0. The molecule has 3 aromatic rings. The number of hydrogen-bond acceptors (Lipinski definition) is 9. The number of ether oxygens (including phenoxy) is 2. The van der Waals surface area contributed by atoms with Crippen LogP contribution in [0.1, 0.15) is 44.6 Å². The Morgan fingerprint density at radius 2 is 1.92 bits per heavy atom. The summed E-state index contributed by atoms with van der Waals surface area (Å²) in [5.74, 6) is -1.44. The lowest BCUT2D eigenvalue weighted by molar-refractivity contribution is -0.123. The van der Waals surface area contributed by atoms with Crippen molar-refractivity contribution < 1.29 is 29.0 Å². The van der Waals surface area contributed by atoms with Crippen LogP contribution in [0.25, 0.3) is 0 Å². The number of nitrogen functional groups attached to an aromatic ring is 1. The minimum atomic E-state index is -1.17. The number of carbonyl (C=O) groups excluding carboxylic acids is 3. The highest BCUT2D eigenvalue weighted by Gasteiger charge is 2.36. The van der Waals surface area contributed by atoms with Crippen LogP contribution in [0.5, 0.6) is 11.5 Å². The van der Waals surface area contributed by atoms with Crippen LogP contribution in [0.3, 0.4) is 0 Å². The molecule has 1 aliphatic rings. The summed E-state index contributed by atoms with van der Waals surface area (Å²) in [6.45, 7) is 0.901. The molecule has 0 saturated carbocycles. The molecule has 4 rings (SSSR count). The molecule has 1 saturated heterocycles. The number of hydrogen-bond donors (Lipinski definition) is 4. The zero-order valence-corrected chi connectivity index (χ0v) is 20.9. The minimum Gasteiger partial charge on any atom is -0.508 e. The maximum atomic E-state index is 14.0. The van der Waals surface area contributed by atoms with E-state index >= 15 is 0 Å². The van der Waals surface area contributed by atoms with Crippen LogP contribution >= 0.6 is 11.5 Å².